The molecule has 6 heteroatoms. The molecule has 0 atom stereocenters. The lowest BCUT2D eigenvalue weighted by atomic mass is 10.1. The van der Waals surface area contributed by atoms with Gasteiger partial charge in [-0.1, -0.05) is 26.0 Å². The number of nitrogens with zero attached hydrogens (tertiary/aromatic N) is 4. The molecule has 0 spiro atoms. The summed E-state index contributed by atoms with van der Waals surface area (Å²) in [5.74, 6) is 1.73. The third kappa shape index (κ3) is 4.89. The first-order valence-corrected chi connectivity index (χ1v) is 11.4. The molecule has 0 radical (unpaired) electrons. The van der Waals surface area contributed by atoms with Gasteiger partial charge >= 0.3 is 0 Å². The van der Waals surface area contributed by atoms with E-state index in [0.29, 0.717) is 18.8 Å². The Kier molecular flexibility index (Phi) is 6.25. The van der Waals surface area contributed by atoms with Gasteiger partial charge in [-0.05, 0) is 56.7 Å². The van der Waals surface area contributed by atoms with Crippen LogP contribution < -0.4 is 5.32 Å². The van der Waals surface area contributed by atoms with Crippen molar-refractivity contribution in [2.45, 2.75) is 72.9 Å². The number of carbonyl (C=O) groups excluding carboxylic acids is 1. The largest absolute Gasteiger partial charge is 0.334 e. The summed E-state index contributed by atoms with van der Waals surface area (Å²) >= 11 is 0. The first kappa shape index (κ1) is 21.3. The third-order valence-electron chi connectivity index (χ3n) is 6.02. The van der Waals surface area contributed by atoms with Crippen LogP contribution in [0.15, 0.2) is 30.5 Å². The van der Waals surface area contributed by atoms with Gasteiger partial charge in [0.05, 0.1) is 11.4 Å². The molecule has 1 N–H and O–H groups in total. The summed E-state index contributed by atoms with van der Waals surface area (Å²) in [5.41, 5.74) is 6.23. The Morgan fingerprint density at radius 2 is 2.06 bits per heavy atom. The fraction of sp³-hybridized carbons (Fsp3) is 0.480. The van der Waals surface area contributed by atoms with Gasteiger partial charge in [-0.15, -0.1) is 0 Å². The maximum Gasteiger partial charge on any atom is 0.224 e. The molecule has 4 rings (SSSR count). The number of hydrogen-bond acceptors (Lipinski definition) is 3. The minimum Gasteiger partial charge on any atom is -0.334 e. The zero-order valence-corrected chi connectivity index (χ0v) is 19.1. The summed E-state index contributed by atoms with van der Waals surface area (Å²) in [7, 11) is 0. The quantitative estimate of drug-likeness (QED) is 0.591. The Labute approximate surface area is 184 Å². The zero-order valence-electron chi connectivity index (χ0n) is 19.1. The van der Waals surface area contributed by atoms with Crippen LogP contribution in [0.2, 0.25) is 0 Å². The molecule has 164 valence electrons. The van der Waals surface area contributed by atoms with E-state index in [0.717, 1.165) is 42.1 Å². The van der Waals surface area contributed by atoms with Gasteiger partial charge in [0.1, 0.15) is 5.82 Å². The second-order valence-electron chi connectivity index (χ2n) is 9.05. The van der Waals surface area contributed by atoms with E-state index in [1.54, 1.807) is 0 Å². The highest BCUT2D eigenvalue weighted by Crippen LogP contribution is 2.25. The van der Waals surface area contributed by atoms with Gasteiger partial charge in [0.25, 0.3) is 0 Å². The second-order valence-corrected chi connectivity index (χ2v) is 9.05. The first-order valence-electron chi connectivity index (χ1n) is 11.4. The molecule has 2 aromatic heterocycles. The van der Waals surface area contributed by atoms with E-state index >= 15 is 0 Å². The number of rotatable bonds is 7. The lowest BCUT2D eigenvalue weighted by molar-refractivity contribution is -0.116. The van der Waals surface area contributed by atoms with Crippen LogP contribution >= 0.6 is 0 Å². The molecule has 31 heavy (non-hydrogen) atoms. The average molecular weight is 420 g/mol. The summed E-state index contributed by atoms with van der Waals surface area (Å²) in [5, 5.41) is 7.72. The minimum absolute atomic E-state index is 0.0247. The Morgan fingerprint density at radius 1 is 1.23 bits per heavy atom. The summed E-state index contributed by atoms with van der Waals surface area (Å²) in [4.78, 5) is 17.4. The maximum atomic E-state index is 12.6. The Morgan fingerprint density at radius 3 is 2.84 bits per heavy atom. The number of benzene rings is 1. The van der Waals surface area contributed by atoms with E-state index in [4.69, 9.17) is 4.98 Å². The smallest absolute Gasteiger partial charge is 0.224 e. The Bertz CT molecular complexity index is 1050. The van der Waals surface area contributed by atoms with E-state index in [9.17, 15) is 4.79 Å². The monoisotopic (exact) mass is 419 g/mol. The number of imidazole rings is 1. The van der Waals surface area contributed by atoms with Crippen LogP contribution in [-0.4, -0.2) is 25.2 Å². The topological polar surface area (TPSA) is 64.7 Å². The van der Waals surface area contributed by atoms with E-state index in [2.05, 4.69) is 52.7 Å². The van der Waals surface area contributed by atoms with Crippen molar-refractivity contribution < 1.29 is 4.79 Å². The molecular weight excluding hydrogens is 386 g/mol. The van der Waals surface area contributed by atoms with Gasteiger partial charge in [0, 0.05) is 49.1 Å². The van der Waals surface area contributed by atoms with Crippen molar-refractivity contribution in [1.29, 1.82) is 0 Å². The van der Waals surface area contributed by atoms with Crippen LogP contribution in [0.5, 0.6) is 0 Å². The van der Waals surface area contributed by atoms with Gasteiger partial charge in [0.2, 0.25) is 5.91 Å². The molecule has 0 bridgehead atoms. The Hall–Kier alpha value is -2.89. The highest BCUT2D eigenvalue weighted by Gasteiger charge is 2.15. The molecule has 3 aromatic rings. The van der Waals surface area contributed by atoms with E-state index < -0.39 is 0 Å². The molecule has 1 aromatic carbocycles. The van der Waals surface area contributed by atoms with Crippen LogP contribution in [0.4, 0.5) is 5.69 Å². The number of hydrogen-bond donors (Lipinski definition) is 1. The number of aromatic nitrogens is 4. The fourth-order valence-corrected chi connectivity index (χ4v) is 4.39. The molecule has 1 aliphatic rings. The van der Waals surface area contributed by atoms with E-state index in [-0.39, 0.29) is 5.91 Å². The Balaban J connectivity index is 1.40. The molecule has 0 fully saturated rings. The fourth-order valence-electron chi connectivity index (χ4n) is 4.39. The molecule has 6 nitrogen and oxygen atoms in total. The van der Waals surface area contributed by atoms with Crippen molar-refractivity contribution in [3.8, 4) is 11.3 Å². The molecule has 0 unspecified atom stereocenters. The predicted molar refractivity (Wildman–Crippen MR) is 124 cm³/mol. The highest BCUT2D eigenvalue weighted by atomic mass is 16.1. The van der Waals surface area contributed by atoms with Gasteiger partial charge in [-0.3, -0.25) is 9.48 Å². The number of fused-ring (bicyclic) bond motifs is 1. The molecule has 0 saturated carbocycles. The van der Waals surface area contributed by atoms with Gasteiger partial charge in [-0.2, -0.15) is 5.10 Å². The second kappa shape index (κ2) is 9.08. The maximum absolute atomic E-state index is 12.6. The number of anilines is 1. The SMILES string of the molecule is Cc1nn(CC(C)C)c(C)c1CCC(=O)Nc1cccc(-c2cn3c(n2)CCCC3)c1. The third-order valence-corrected chi connectivity index (χ3v) is 6.02. The highest BCUT2D eigenvalue weighted by molar-refractivity contribution is 5.91. The van der Waals surface area contributed by atoms with Crippen molar-refractivity contribution in [3.63, 3.8) is 0 Å². The van der Waals surface area contributed by atoms with Crippen molar-refractivity contribution in [1.82, 2.24) is 19.3 Å². The van der Waals surface area contributed by atoms with Crippen molar-refractivity contribution in [2.75, 3.05) is 5.32 Å². The van der Waals surface area contributed by atoms with Gasteiger partial charge in [-0.25, -0.2) is 4.98 Å². The number of carbonyl (C=O) groups is 1. The molecule has 0 saturated heterocycles. The molecule has 1 amide bonds. The summed E-state index contributed by atoms with van der Waals surface area (Å²) < 4.78 is 4.33. The van der Waals surface area contributed by atoms with E-state index in [1.165, 1.54) is 29.9 Å². The molecule has 3 heterocycles. The van der Waals surface area contributed by atoms with Crippen LogP contribution in [0.1, 0.15) is 55.9 Å². The van der Waals surface area contributed by atoms with E-state index in [1.807, 2.05) is 25.1 Å². The van der Waals surface area contributed by atoms with Crippen molar-refractivity contribution in [2.24, 2.45) is 5.92 Å². The normalized spacial score (nSPS) is 13.5. The molecule has 1 aliphatic heterocycles. The van der Waals surface area contributed by atoms with Crippen molar-refractivity contribution >= 4 is 11.6 Å². The summed E-state index contributed by atoms with van der Waals surface area (Å²) in [6.07, 6.45) is 6.75. The van der Waals surface area contributed by atoms with Gasteiger partial charge < -0.3 is 9.88 Å². The summed E-state index contributed by atoms with van der Waals surface area (Å²) in [6, 6.07) is 7.99. The van der Waals surface area contributed by atoms with Crippen LogP contribution in [0, 0.1) is 19.8 Å². The molecule has 0 aliphatic carbocycles. The summed E-state index contributed by atoms with van der Waals surface area (Å²) in [6.45, 7) is 10.5. The minimum atomic E-state index is 0.0247. The lowest BCUT2D eigenvalue weighted by Crippen LogP contribution is -2.13. The van der Waals surface area contributed by atoms with Crippen LogP contribution in [0.25, 0.3) is 11.3 Å². The average Bonchev–Trinajstić information content (AvgIpc) is 3.27. The van der Waals surface area contributed by atoms with Crippen molar-refractivity contribution in [3.05, 3.63) is 53.2 Å². The molecular formula is C25H33N5O. The lowest BCUT2D eigenvalue weighted by Gasteiger charge is -2.11. The first-order chi connectivity index (χ1) is 14.9. The standard InChI is InChI=1S/C25H33N5O/c1-17(2)15-30-19(4)22(18(3)28-30)11-12-25(31)26-21-9-7-8-20(14-21)23-16-29-13-6-5-10-24(29)27-23/h7-9,14,16-17H,5-6,10-13,15H2,1-4H3,(H,26,31). The number of aryl methyl sites for hydroxylation is 3. The van der Waals surface area contributed by atoms with Crippen LogP contribution in [0.3, 0.4) is 0 Å². The van der Waals surface area contributed by atoms with Crippen LogP contribution in [-0.2, 0) is 30.7 Å². The van der Waals surface area contributed by atoms with Gasteiger partial charge in [0.15, 0.2) is 0 Å². The predicted octanol–water partition coefficient (Wildman–Crippen LogP) is 4.93. The zero-order chi connectivity index (χ0) is 22.0. The number of nitrogens with one attached hydrogen (secondary N) is 1. The number of amides is 1.